The molecule has 20 heavy (non-hydrogen) atoms. The maximum atomic E-state index is 11.9. The van der Waals surface area contributed by atoms with Gasteiger partial charge in [-0.05, 0) is 18.2 Å². The molecule has 108 valence electrons. The highest BCUT2D eigenvalue weighted by atomic mass is 35.5. The molecule has 0 bridgehead atoms. The van der Waals surface area contributed by atoms with Crippen LogP contribution in [0.3, 0.4) is 0 Å². The molecule has 0 aliphatic carbocycles. The number of aliphatic hydroxyl groups is 1. The number of carbonyl (C=O) groups is 1. The second-order valence-electron chi connectivity index (χ2n) is 3.78. The summed E-state index contributed by atoms with van der Waals surface area (Å²) in [5.74, 6) is 4.34. The van der Waals surface area contributed by atoms with Crippen LogP contribution in [0, 0.1) is 11.8 Å². The van der Waals surface area contributed by atoms with E-state index in [2.05, 4.69) is 17.2 Å². The third-order valence-corrected chi connectivity index (χ3v) is 2.54. The fourth-order valence-corrected chi connectivity index (χ4v) is 1.54. The topological polar surface area (TPSA) is 49.3 Å². The highest BCUT2D eigenvalue weighted by Crippen LogP contribution is 2.19. The predicted octanol–water partition coefficient (Wildman–Crippen LogP) is 2.37. The summed E-state index contributed by atoms with van der Waals surface area (Å²) in [6, 6.07) is 4.17. The third-order valence-electron chi connectivity index (χ3n) is 2.23. The molecule has 7 heteroatoms. The molecule has 0 fully saturated rings. The summed E-state index contributed by atoms with van der Waals surface area (Å²) in [6.07, 6.45) is -5.40. The van der Waals surface area contributed by atoms with Crippen molar-refractivity contribution in [3.8, 4) is 11.8 Å². The SMILES string of the molecule is O=C(NCCC(F)(F)F)c1ccc(C#CCO)c(Cl)c1. The summed E-state index contributed by atoms with van der Waals surface area (Å²) >= 11 is 5.87. The molecule has 0 heterocycles. The molecule has 0 aliphatic rings. The van der Waals surface area contributed by atoms with E-state index in [1.165, 1.54) is 18.2 Å². The Hall–Kier alpha value is -1.71. The van der Waals surface area contributed by atoms with Gasteiger partial charge in [0.2, 0.25) is 0 Å². The van der Waals surface area contributed by atoms with Gasteiger partial charge in [-0.2, -0.15) is 13.2 Å². The molecule has 2 N–H and O–H groups in total. The number of benzene rings is 1. The maximum Gasteiger partial charge on any atom is 0.390 e. The molecule has 0 radical (unpaired) electrons. The molecule has 0 unspecified atom stereocenters. The molecule has 0 saturated heterocycles. The van der Waals surface area contributed by atoms with E-state index < -0.39 is 25.0 Å². The first-order valence-electron chi connectivity index (χ1n) is 5.57. The summed E-state index contributed by atoms with van der Waals surface area (Å²) in [7, 11) is 0. The van der Waals surface area contributed by atoms with E-state index in [4.69, 9.17) is 16.7 Å². The number of carbonyl (C=O) groups excluding carboxylic acids is 1. The molecule has 0 spiro atoms. The number of nitrogens with one attached hydrogen (secondary N) is 1. The Morgan fingerprint density at radius 1 is 1.40 bits per heavy atom. The molecule has 0 aliphatic heterocycles. The summed E-state index contributed by atoms with van der Waals surface area (Å²) in [6.45, 7) is -0.817. The Kier molecular flexibility index (Phi) is 5.86. The van der Waals surface area contributed by atoms with Gasteiger partial charge in [-0.25, -0.2) is 0 Å². The van der Waals surface area contributed by atoms with E-state index in [1.54, 1.807) is 0 Å². The zero-order valence-electron chi connectivity index (χ0n) is 10.2. The molecule has 1 rings (SSSR count). The van der Waals surface area contributed by atoms with Gasteiger partial charge in [-0.15, -0.1) is 0 Å². The van der Waals surface area contributed by atoms with E-state index in [1.807, 2.05) is 0 Å². The average molecular weight is 306 g/mol. The predicted molar refractivity (Wildman–Crippen MR) is 68.4 cm³/mol. The van der Waals surface area contributed by atoms with E-state index in [0.29, 0.717) is 5.56 Å². The first-order chi connectivity index (χ1) is 9.33. The Morgan fingerprint density at radius 3 is 2.65 bits per heavy atom. The van der Waals surface area contributed by atoms with Gasteiger partial charge in [0.15, 0.2) is 0 Å². The van der Waals surface area contributed by atoms with Crippen molar-refractivity contribution in [2.24, 2.45) is 0 Å². The van der Waals surface area contributed by atoms with Gasteiger partial charge in [0, 0.05) is 17.7 Å². The lowest BCUT2D eigenvalue weighted by Crippen LogP contribution is -2.27. The fourth-order valence-electron chi connectivity index (χ4n) is 1.31. The van der Waals surface area contributed by atoms with Gasteiger partial charge in [-0.1, -0.05) is 23.4 Å². The van der Waals surface area contributed by atoms with Crippen LogP contribution in [0.4, 0.5) is 13.2 Å². The van der Waals surface area contributed by atoms with Crippen LogP contribution >= 0.6 is 11.6 Å². The molecule has 3 nitrogen and oxygen atoms in total. The Bertz CT molecular complexity index is 547. The van der Waals surface area contributed by atoms with E-state index >= 15 is 0 Å². The van der Waals surface area contributed by atoms with Crippen molar-refractivity contribution in [3.05, 3.63) is 34.3 Å². The maximum absolute atomic E-state index is 11.9. The third kappa shape index (κ3) is 5.51. The number of rotatable bonds is 3. The molecule has 0 saturated carbocycles. The van der Waals surface area contributed by atoms with Crippen LogP contribution in [0.2, 0.25) is 5.02 Å². The van der Waals surface area contributed by atoms with E-state index in [-0.39, 0.29) is 17.2 Å². The van der Waals surface area contributed by atoms with Gasteiger partial charge < -0.3 is 10.4 Å². The van der Waals surface area contributed by atoms with E-state index in [9.17, 15) is 18.0 Å². The molecular formula is C13H11ClF3NO2. The first kappa shape index (κ1) is 16.3. The minimum Gasteiger partial charge on any atom is -0.384 e. The Balaban J connectivity index is 2.68. The summed E-state index contributed by atoms with van der Waals surface area (Å²) in [5, 5.41) is 10.9. The van der Waals surface area contributed by atoms with Crippen molar-refractivity contribution in [1.29, 1.82) is 0 Å². The average Bonchev–Trinajstić information content (AvgIpc) is 2.35. The van der Waals surface area contributed by atoms with Crippen LogP contribution < -0.4 is 5.32 Å². The largest absolute Gasteiger partial charge is 0.390 e. The molecule has 1 aromatic carbocycles. The highest BCUT2D eigenvalue weighted by Gasteiger charge is 2.26. The molecular weight excluding hydrogens is 295 g/mol. The van der Waals surface area contributed by atoms with Crippen LogP contribution in [-0.2, 0) is 0 Å². The van der Waals surface area contributed by atoms with Gasteiger partial charge in [-0.3, -0.25) is 4.79 Å². The van der Waals surface area contributed by atoms with Crippen LogP contribution in [-0.4, -0.2) is 30.3 Å². The zero-order valence-corrected chi connectivity index (χ0v) is 11.0. The Morgan fingerprint density at radius 2 is 2.10 bits per heavy atom. The lowest BCUT2D eigenvalue weighted by atomic mass is 10.1. The second-order valence-corrected chi connectivity index (χ2v) is 4.18. The van der Waals surface area contributed by atoms with Crippen molar-refractivity contribution in [1.82, 2.24) is 5.32 Å². The number of aliphatic hydroxyl groups excluding tert-OH is 1. The molecule has 0 atom stereocenters. The van der Waals surface area contributed by atoms with Crippen molar-refractivity contribution < 1.29 is 23.1 Å². The molecule has 0 aromatic heterocycles. The lowest BCUT2D eigenvalue weighted by Gasteiger charge is -2.08. The van der Waals surface area contributed by atoms with Crippen molar-refractivity contribution >= 4 is 17.5 Å². The van der Waals surface area contributed by atoms with Gasteiger partial charge in [0.25, 0.3) is 5.91 Å². The normalized spacial score (nSPS) is 10.7. The molecule has 1 aromatic rings. The van der Waals surface area contributed by atoms with Crippen LogP contribution in [0.15, 0.2) is 18.2 Å². The van der Waals surface area contributed by atoms with Crippen LogP contribution in [0.1, 0.15) is 22.3 Å². The van der Waals surface area contributed by atoms with Crippen LogP contribution in [0.25, 0.3) is 0 Å². The quantitative estimate of drug-likeness (QED) is 0.842. The van der Waals surface area contributed by atoms with E-state index in [0.717, 1.165) is 0 Å². The van der Waals surface area contributed by atoms with Gasteiger partial charge in [0.05, 0.1) is 11.4 Å². The number of hydrogen-bond acceptors (Lipinski definition) is 2. The fraction of sp³-hybridized carbons (Fsp3) is 0.308. The lowest BCUT2D eigenvalue weighted by molar-refractivity contribution is -0.132. The Labute approximate surface area is 118 Å². The number of hydrogen-bond donors (Lipinski definition) is 2. The van der Waals surface area contributed by atoms with Crippen LogP contribution in [0.5, 0.6) is 0 Å². The standard InChI is InChI=1S/C13H11ClF3NO2/c14-11-8-10(4-3-9(11)2-1-7-19)12(20)18-6-5-13(15,16)17/h3-4,8,19H,5-7H2,(H,18,20). The highest BCUT2D eigenvalue weighted by molar-refractivity contribution is 6.32. The number of alkyl halides is 3. The molecule has 1 amide bonds. The van der Waals surface area contributed by atoms with Gasteiger partial charge in [0.1, 0.15) is 6.61 Å². The smallest absolute Gasteiger partial charge is 0.384 e. The number of halogens is 4. The second kappa shape index (κ2) is 7.17. The van der Waals surface area contributed by atoms with Crippen molar-refractivity contribution in [2.45, 2.75) is 12.6 Å². The van der Waals surface area contributed by atoms with Crippen molar-refractivity contribution in [2.75, 3.05) is 13.2 Å². The first-order valence-corrected chi connectivity index (χ1v) is 5.95. The summed E-state index contributed by atoms with van der Waals surface area (Å²) < 4.78 is 35.8. The number of amides is 1. The summed E-state index contributed by atoms with van der Waals surface area (Å²) in [5.41, 5.74) is 0.569. The van der Waals surface area contributed by atoms with Gasteiger partial charge >= 0.3 is 6.18 Å². The summed E-state index contributed by atoms with van der Waals surface area (Å²) in [4.78, 5) is 11.6. The zero-order chi connectivity index (χ0) is 15.2. The monoisotopic (exact) mass is 305 g/mol. The van der Waals surface area contributed by atoms with Crippen molar-refractivity contribution in [3.63, 3.8) is 0 Å². The minimum absolute atomic E-state index is 0.145. The minimum atomic E-state index is -4.31.